The fraction of sp³-hybridized carbons (Fsp3) is 0.632. The Bertz CT molecular complexity index is 518. The average molecular weight is 332 g/mol. The maximum absolute atomic E-state index is 5.55. The third kappa shape index (κ3) is 5.71. The highest BCUT2D eigenvalue weighted by atomic mass is 16.5. The van der Waals surface area contributed by atoms with Crippen LogP contribution in [0.15, 0.2) is 29.3 Å². The average Bonchev–Trinajstić information content (AvgIpc) is 3.05. The summed E-state index contributed by atoms with van der Waals surface area (Å²) < 4.78 is 5.55. The maximum Gasteiger partial charge on any atom is 0.191 e. The Morgan fingerprint density at radius 2 is 2.17 bits per heavy atom. The topological polar surface area (TPSA) is 48.9 Å². The molecular weight excluding hydrogens is 300 g/mol. The Hall–Kier alpha value is -1.75. The molecule has 0 spiro atoms. The van der Waals surface area contributed by atoms with Crippen molar-refractivity contribution >= 4 is 5.96 Å². The standard InChI is InChI=1S/C19H32N4O/c1-4-20-19(22-15-17-10-8-12-23(17)5-2)21-14-16-9-7-11-18(13-16)24-6-3/h7,9,11,13,17H,4-6,8,10,12,14-15H2,1-3H3,(H2,20,21,22). The number of nitrogens with zero attached hydrogens (tertiary/aromatic N) is 2. The Labute approximate surface area is 146 Å². The number of aliphatic imine (C=N–C) groups is 1. The van der Waals surface area contributed by atoms with Crippen molar-refractivity contribution < 1.29 is 4.74 Å². The van der Waals surface area contributed by atoms with Gasteiger partial charge >= 0.3 is 0 Å². The zero-order chi connectivity index (χ0) is 17.2. The fourth-order valence-corrected chi connectivity index (χ4v) is 3.17. The molecule has 0 aromatic heterocycles. The Kier molecular flexibility index (Phi) is 7.89. The zero-order valence-corrected chi connectivity index (χ0v) is 15.3. The summed E-state index contributed by atoms with van der Waals surface area (Å²) >= 11 is 0. The van der Waals surface area contributed by atoms with Gasteiger partial charge < -0.3 is 15.4 Å². The molecular formula is C19H32N4O. The van der Waals surface area contributed by atoms with Crippen LogP contribution < -0.4 is 15.4 Å². The van der Waals surface area contributed by atoms with Gasteiger partial charge in [-0.25, -0.2) is 4.99 Å². The van der Waals surface area contributed by atoms with Gasteiger partial charge in [0.05, 0.1) is 13.2 Å². The van der Waals surface area contributed by atoms with E-state index in [0.717, 1.165) is 36.9 Å². The van der Waals surface area contributed by atoms with Gasteiger partial charge in [0.1, 0.15) is 5.75 Å². The first-order valence-electron chi connectivity index (χ1n) is 9.24. The van der Waals surface area contributed by atoms with Crippen molar-refractivity contribution in [2.45, 2.75) is 46.2 Å². The number of nitrogens with one attached hydrogen (secondary N) is 2. The molecule has 1 unspecified atom stereocenters. The van der Waals surface area contributed by atoms with Gasteiger partial charge in [-0.05, 0) is 57.5 Å². The van der Waals surface area contributed by atoms with Crippen LogP contribution in [-0.2, 0) is 6.54 Å². The molecule has 1 aliphatic rings. The molecule has 0 aliphatic carbocycles. The molecule has 2 N–H and O–H groups in total. The van der Waals surface area contributed by atoms with Crippen LogP contribution in [-0.4, -0.2) is 49.7 Å². The van der Waals surface area contributed by atoms with Crippen molar-refractivity contribution in [1.29, 1.82) is 0 Å². The van der Waals surface area contributed by atoms with E-state index in [-0.39, 0.29) is 0 Å². The van der Waals surface area contributed by atoms with E-state index >= 15 is 0 Å². The quantitative estimate of drug-likeness (QED) is 0.567. The lowest BCUT2D eigenvalue weighted by molar-refractivity contribution is 0.267. The van der Waals surface area contributed by atoms with Crippen molar-refractivity contribution in [3.63, 3.8) is 0 Å². The molecule has 5 nitrogen and oxygen atoms in total. The summed E-state index contributed by atoms with van der Waals surface area (Å²) in [6.45, 7) is 11.9. The zero-order valence-electron chi connectivity index (χ0n) is 15.3. The lowest BCUT2D eigenvalue weighted by Gasteiger charge is -2.24. The molecule has 1 fully saturated rings. The van der Waals surface area contributed by atoms with Crippen LogP contribution in [0.4, 0.5) is 0 Å². The molecule has 1 aliphatic heterocycles. The molecule has 1 heterocycles. The first-order valence-corrected chi connectivity index (χ1v) is 9.24. The number of hydrogen-bond acceptors (Lipinski definition) is 3. The third-order valence-corrected chi connectivity index (χ3v) is 4.38. The van der Waals surface area contributed by atoms with E-state index in [9.17, 15) is 0 Å². The van der Waals surface area contributed by atoms with E-state index in [1.807, 2.05) is 19.1 Å². The highest BCUT2D eigenvalue weighted by Gasteiger charge is 2.22. The van der Waals surface area contributed by atoms with Crippen molar-refractivity contribution in [2.75, 3.05) is 32.8 Å². The summed E-state index contributed by atoms with van der Waals surface area (Å²) in [6.07, 6.45) is 2.58. The largest absolute Gasteiger partial charge is 0.494 e. The molecule has 0 amide bonds. The number of rotatable bonds is 8. The predicted molar refractivity (Wildman–Crippen MR) is 101 cm³/mol. The van der Waals surface area contributed by atoms with Gasteiger partial charge in [-0.1, -0.05) is 19.1 Å². The Morgan fingerprint density at radius 3 is 2.92 bits per heavy atom. The number of guanidine groups is 1. The number of likely N-dealkylation sites (N-methyl/N-ethyl adjacent to an activating group) is 1. The molecule has 2 rings (SSSR count). The maximum atomic E-state index is 5.55. The van der Waals surface area contributed by atoms with E-state index in [1.165, 1.54) is 19.4 Å². The van der Waals surface area contributed by atoms with Crippen LogP contribution in [0, 0.1) is 0 Å². The normalized spacial score (nSPS) is 18.6. The molecule has 0 saturated carbocycles. The van der Waals surface area contributed by atoms with Crippen molar-refractivity contribution in [1.82, 2.24) is 15.5 Å². The second-order valence-corrected chi connectivity index (χ2v) is 6.08. The van der Waals surface area contributed by atoms with Gasteiger partial charge in [-0.2, -0.15) is 0 Å². The third-order valence-electron chi connectivity index (χ3n) is 4.38. The molecule has 0 bridgehead atoms. The minimum absolute atomic E-state index is 0.625. The highest BCUT2D eigenvalue weighted by molar-refractivity contribution is 5.79. The number of hydrogen-bond donors (Lipinski definition) is 2. The molecule has 5 heteroatoms. The summed E-state index contributed by atoms with van der Waals surface area (Å²) in [5, 5.41) is 6.84. The van der Waals surface area contributed by atoms with E-state index < -0.39 is 0 Å². The van der Waals surface area contributed by atoms with Gasteiger partial charge in [-0.3, -0.25) is 4.90 Å². The van der Waals surface area contributed by atoms with E-state index in [0.29, 0.717) is 19.2 Å². The molecule has 134 valence electrons. The number of ether oxygens (including phenoxy) is 1. The molecule has 24 heavy (non-hydrogen) atoms. The van der Waals surface area contributed by atoms with Gasteiger partial charge in [0.25, 0.3) is 0 Å². The Balaban J connectivity index is 1.91. The molecule has 1 aromatic rings. The summed E-state index contributed by atoms with van der Waals surface area (Å²) in [5.41, 5.74) is 1.16. The summed E-state index contributed by atoms with van der Waals surface area (Å²) in [4.78, 5) is 7.26. The number of likely N-dealkylation sites (tertiary alicyclic amines) is 1. The summed E-state index contributed by atoms with van der Waals surface area (Å²) in [7, 11) is 0. The van der Waals surface area contributed by atoms with Gasteiger partial charge in [-0.15, -0.1) is 0 Å². The van der Waals surface area contributed by atoms with Crippen molar-refractivity contribution in [3.05, 3.63) is 29.8 Å². The molecule has 1 aromatic carbocycles. The SMILES string of the molecule is CCNC(=NCc1cccc(OCC)c1)NCC1CCCN1CC. The smallest absolute Gasteiger partial charge is 0.191 e. The predicted octanol–water partition coefficient (Wildman–Crippen LogP) is 2.62. The van der Waals surface area contributed by atoms with Crippen LogP contribution in [0.2, 0.25) is 0 Å². The second kappa shape index (κ2) is 10.2. The van der Waals surface area contributed by atoms with Crippen LogP contribution >= 0.6 is 0 Å². The first-order chi connectivity index (χ1) is 11.8. The van der Waals surface area contributed by atoms with Crippen LogP contribution in [0.5, 0.6) is 5.75 Å². The van der Waals surface area contributed by atoms with Crippen LogP contribution in [0.3, 0.4) is 0 Å². The molecule has 1 saturated heterocycles. The highest BCUT2D eigenvalue weighted by Crippen LogP contribution is 2.16. The minimum Gasteiger partial charge on any atom is -0.494 e. The minimum atomic E-state index is 0.625. The summed E-state index contributed by atoms with van der Waals surface area (Å²) in [5.74, 6) is 1.80. The fourth-order valence-electron chi connectivity index (χ4n) is 3.17. The monoisotopic (exact) mass is 332 g/mol. The first kappa shape index (κ1) is 18.6. The lowest BCUT2D eigenvalue weighted by atomic mass is 10.2. The number of benzene rings is 1. The Morgan fingerprint density at radius 1 is 1.29 bits per heavy atom. The van der Waals surface area contributed by atoms with Gasteiger partial charge in [0.15, 0.2) is 5.96 Å². The van der Waals surface area contributed by atoms with Gasteiger partial charge in [0.2, 0.25) is 0 Å². The van der Waals surface area contributed by atoms with E-state index in [1.54, 1.807) is 0 Å². The van der Waals surface area contributed by atoms with Crippen LogP contribution in [0.25, 0.3) is 0 Å². The second-order valence-electron chi connectivity index (χ2n) is 6.08. The van der Waals surface area contributed by atoms with E-state index in [4.69, 9.17) is 9.73 Å². The van der Waals surface area contributed by atoms with Crippen LogP contribution in [0.1, 0.15) is 39.2 Å². The van der Waals surface area contributed by atoms with Gasteiger partial charge in [0, 0.05) is 19.1 Å². The lowest BCUT2D eigenvalue weighted by Crippen LogP contribution is -2.44. The van der Waals surface area contributed by atoms with Crippen molar-refractivity contribution in [3.8, 4) is 5.75 Å². The van der Waals surface area contributed by atoms with E-state index in [2.05, 4.69) is 41.5 Å². The molecule has 0 radical (unpaired) electrons. The van der Waals surface area contributed by atoms with Crippen molar-refractivity contribution in [2.24, 2.45) is 4.99 Å². The molecule has 1 atom stereocenters. The summed E-state index contributed by atoms with van der Waals surface area (Å²) in [6, 6.07) is 8.78.